The Kier molecular flexibility index (Phi) is 5.53. The minimum Gasteiger partial charge on any atom is -0.171 e. The van der Waals surface area contributed by atoms with Crippen LogP contribution < -0.4 is 0 Å². The van der Waals surface area contributed by atoms with Crippen molar-refractivity contribution < 1.29 is 13.2 Å². The molecule has 0 spiro atoms. The molecule has 14 heavy (non-hydrogen) atoms. The molecule has 0 aromatic carbocycles. The fraction of sp³-hybridized carbons (Fsp3) is 1.00. The topological polar surface area (TPSA) is 0 Å². The van der Waals surface area contributed by atoms with Crippen molar-refractivity contribution in [3.63, 3.8) is 0 Å². The van der Waals surface area contributed by atoms with Gasteiger partial charge in [0, 0.05) is 6.42 Å². The first-order chi connectivity index (χ1) is 6.20. The second kappa shape index (κ2) is 5.62. The molecule has 0 nitrogen and oxygen atoms in total. The SMILES string of the molecule is CC(C)CC(CC(C)C)CC(F)(F)F. The average molecular weight is 210 g/mol. The van der Waals surface area contributed by atoms with Crippen LogP contribution in [0.25, 0.3) is 0 Å². The van der Waals surface area contributed by atoms with Gasteiger partial charge in [0.15, 0.2) is 0 Å². The van der Waals surface area contributed by atoms with Crippen LogP contribution in [0.5, 0.6) is 0 Å². The van der Waals surface area contributed by atoms with Gasteiger partial charge in [-0.05, 0) is 30.6 Å². The van der Waals surface area contributed by atoms with E-state index in [1.165, 1.54) is 0 Å². The second-order valence-electron chi connectivity index (χ2n) is 4.94. The Hall–Kier alpha value is -0.210. The molecule has 0 unspecified atom stereocenters. The largest absolute Gasteiger partial charge is 0.389 e. The van der Waals surface area contributed by atoms with E-state index >= 15 is 0 Å². The Labute approximate surface area is 84.9 Å². The molecule has 0 bridgehead atoms. The Morgan fingerprint density at radius 2 is 1.21 bits per heavy atom. The molecule has 0 amide bonds. The predicted molar refractivity (Wildman–Crippen MR) is 53.1 cm³/mol. The van der Waals surface area contributed by atoms with Gasteiger partial charge in [-0.1, -0.05) is 27.7 Å². The zero-order valence-electron chi connectivity index (χ0n) is 9.49. The highest BCUT2D eigenvalue weighted by Crippen LogP contribution is 2.32. The van der Waals surface area contributed by atoms with Gasteiger partial charge in [-0.3, -0.25) is 0 Å². The highest BCUT2D eigenvalue weighted by Gasteiger charge is 2.32. The summed E-state index contributed by atoms with van der Waals surface area (Å²) >= 11 is 0. The maximum Gasteiger partial charge on any atom is 0.389 e. The normalized spacial score (nSPS) is 13.3. The van der Waals surface area contributed by atoms with Crippen molar-refractivity contribution >= 4 is 0 Å². The zero-order valence-corrected chi connectivity index (χ0v) is 9.49. The summed E-state index contributed by atoms with van der Waals surface area (Å²) in [6.07, 6.45) is -3.27. The van der Waals surface area contributed by atoms with Crippen LogP contribution in [0.3, 0.4) is 0 Å². The summed E-state index contributed by atoms with van der Waals surface area (Å²) in [4.78, 5) is 0. The third-order valence-electron chi connectivity index (χ3n) is 2.13. The van der Waals surface area contributed by atoms with Crippen molar-refractivity contribution in [1.29, 1.82) is 0 Å². The van der Waals surface area contributed by atoms with Crippen LogP contribution in [0.4, 0.5) is 13.2 Å². The van der Waals surface area contributed by atoms with Gasteiger partial charge in [0.2, 0.25) is 0 Å². The summed E-state index contributed by atoms with van der Waals surface area (Å²) < 4.78 is 36.6. The van der Waals surface area contributed by atoms with Crippen molar-refractivity contribution in [3.05, 3.63) is 0 Å². The Balaban J connectivity index is 4.11. The lowest BCUT2D eigenvalue weighted by molar-refractivity contribution is -0.146. The van der Waals surface area contributed by atoms with E-state index in [0.29, 0.717) is 24.7 Å². The summed E-state index contributed by atoms with van der Waals surface area (Å²) in [5, 5.41) is 0. The van der Waals surface area contributed by atoms with Crippen molar-refractivity contribution in [2.75, 3.05) is 0 Å². The Bertz CT molecular complexity index is 137. The van der Waals surface area contributed by atoms with Gasteiger partial charge in [0.25, 0.3) is 0 Å². The smallest absolute Gasteiger partial charge is 0.171 e. The van der Waals surface area contributed by atoms with E-state index in [9.17, 15) is 13.2 Å². The number of rotatable bonds is 5. The molecular formula is C11H21F3. The molecule has 0 rings (SSSR count). The minimum absolute atomic E-state index is 0.199. The van der Waals surface area contributed by atoms with Crippen molar-refractivity contribution in [3.8, 4) is 0 Å². The maximum atomic E-state index is 12.2. The quantitative estimate of drug-likeness (QED) is 0.619. The highest BCUT2D eigenvalue weighted by molar-refractivity contribution is 4.67. The molecule has 3 heteroatoms. The van der Waals surface area contributed by atoms with E-state index in [-0.39, 0.29) is 5.92 Å². The van der Waals surface area contributed by atoms with E-state index in [1.807, 2.05) is 27.7 Å². The van der Waals surface area contributed by atoms with Gasteiger partial charge in [-0.25, -0.2) is 0 Å². The van der Waals surface area contributed by atoms with Gasteiger partial charge in [0.05, 0.1) is 0 Å². The highest BCUT2D eigenvalue weighted by atomic mass is 19.4. The third-order valence-corrected chi connectivity index (χ3v) is 2.13. The molecule has 86 valence electrons. The minimum atomic E-state index is -4.01. The fourth-order valence-corrected chi connectivity index (χ4v) is 1.92. The van der Waals surface area contributed by atoms with Crippen LogP contribution >= 0.6 is 0 Å². The van der Waals surface area contributed by atoms with Crippen molar-refractivity contribution in [2.24, 2.45) is 17.8 Å². The first kappa shape index (κ1) is 13.8. The number of alkyl halides is 3. The molecule has 0 fully saturated rings. The standard InChI is InChI=1S/C11H21F3/c1-8(2)5-10(6-9(3)4)7-11(12,13)14/h8-10H,5-7H2,1-4H3. The molecule has 0 heterocycles. The van der Waals surface area contributed by atoms with E-state index in [0.717, 1.165) is 0 Å². The number of halogens is 3. The van der Waals surface area contributed by atoms with E-state index in [4.69, 9.17) is 0 Å². The number of hydrogen-bond donors (Lipinski definition) is 0. The summed E-state index contributed by atoms with van der Waals surface area (Å²) in [7, 11) is 0. The van der Waals surface area contributed by atoms with Crippen LogP contribution in [0.2, 0.25) is 0 Å². The first-order valence-corrected chi connectivity index (χ1v) is 5.27. The Morgan fingerprint density at radius 3 is 1.43 bits per heavy atom. The van der Waals surface area contributed by atoms with E-state index < -0.39 is 12.6 Å². The molecule has 0 radical (unpaired) electrons. The molecule has 0 saturated carbocycles. The second-order valence-corrected chi connectivity index (χ2v) is 4.94. The third kappa shape index (κ3) is 8.39. The number of hydrogen-bond acceptors (Lipinski definition) is 0. The Morgan fingerprint density at radius 1 is 0.857 bits per heavy atom. The van der Waals surface area contributed by atoms with Crippen LogP contribution in [-0.4, -0.2) is 6.18 Å². The molecule has 0 N–H and O–H groups in total. The summed E-state index contributed by atoms with van der Waals surface area (Å²) in [5.74, 6) is 0.497. The molecule has 0 aliphatic heterocycles. The molecular weight excluding hydrogens is 189 g/mol. The van der Waals surface area contributed by atoms with Gasteiger partial charge >= 0.3 is 6.18 Å². The fourth-order valence-electron chi connectivity index (χ4n) is 1.92. The van der Waals surface area contributed by atoms with Crippen LogP contribution in [0, 0.1) is 17.8 Å². The lowest BCUT2D eigenvalue weighted by atomic mass is 9.87. The van der Waals surface area contributed by atoms with Gasteiger partial charge < -0.3 is 0 Å². The van der Waals surface area contributed by atoms with E-state index in [1.54, 1.807) is 0 Å². The van der Waals surface area contributed by atoms with E-state index in [2.05, 4.69) is 0 Å². The monoisotopic (exact) mass is 210 g/mol. The van der Waals surface area contributed by atoms with Crippen LogP contribution in [-0.2, 0) is 0 Å². The molecule has 0 aliphatic rings. The molecule has 0 aliphatic carbocycles. The molecule has 0 saturated heterocycles. The predicted octanol–water partition coefficient (Wildman–Crippen LogP) is 4.65. The van der Waals surface area contributed by atoms with Gasteiger partial charge in [-0.2, -0.15) is 13.2 Å². The first-order valence-electron chi connectivity index (χ1n) is 5.27. The van der Waals surface area contributed by atoms with Crippen molar-refractivity contribution in [1.82, 2.24) is 0 Å². The lowest BCUT2D eigenvalue weighted by Crippen LogP contribution is -2.18. The summed E-state index contributed by atoms with van der Waals surface area (Å²) in [6.45, 7) is 7.90. The summed E-state index contributed by atoms with van der Waals surface area (Å²) in [6, 6.07) is 0. The molecule has 0 atom stereocenters. The molecule has 0 aromatic heterocycles. The van der Waals surface area contributed by atoms with Gasteiger partial charge in [0.1, 0.15) is 0 Å². The van der Waals surface area contributed by atoms with Gasteiger partial charge in [-0.15, -0.1) is 0 Å². The maximum absolute atomic E-state index is 12.2. The summed E-state index contributed by atoms with van der Waals surface area (Å²) in [5.41, 5.74) is 0. The van der Waals surface area contributed by atoms with Crippen molar-refractivity contribution in [2.45, 2.75) is 53.1 Å². The van der Waals surface area contributed by atoms with Crippen LogP contribution in [0.15, 0.2) is 0 Å². The average Bonchev–Trinajstić information content (AvgIpc) is 1.77. The molecule has 0 aromatic rings. The lowest BCUT2D eigenvalue weighted by Gasteiger charge is -2.22. The zero-order chi connectivity index (χ0) is 11.4. The van der Waals surface area contributed by atoms with Crippen LogP contribution in [0.1, 0.15) is 47.0 Å².